The highest BCUT2D eigenvalue weighted by atomic mass is 35.5. The fraction of sp³-hybridized carbons (Fsp3) is 0.765. The quantitative estimate of drug-likeness (QED) is 0.794. The van der Waals surface area contributed by atoms with Gasteiger partial charge in [0.15, 0.2) is 0 Å². The Morgan fingerprint density at radius 3 is 2.46 bits per heavy atom. The summed E-state index contributed by atoms with van der Waals surface area (Å²) >= 11 is 1.64. The fourth-order valence-corrected chi connectivity index (χ4v) is 3.97. The van der Waals surface area contributed by atoms with Gasteiger partial charge in [0.2, 0.25) is 5.91 Å². The van der Waals surface area contributed by atoms with Crippen LogP contribution in [0.15, 0.2) is 5.38 Å². The maximum Gasteiger partial charge on any atom is 0.226 e. The zero-order chi connectivity index (χ0) is 16.2. The summed E-state index contributed by atoms with van der Waals surface area (Å²) in [5, 5.41) is 6.21. The molecule has 0 aromatic carbocycles. The Labute approximate surface area is 162 Å². The Morgan fingerprint density at radius 2 is 1.96 bits per heavy atom. The van der Waals surface area contributed by atoms with Crippen LogP contribution in [0.3, 0.4) is 0 Å². The number of halogens is 2. The van der Waals surface area contributed by atoms with Gasteiger partial charge in [0.1, 0.15) is 0 Å². The molecular weight excluding hydrogens is 365 g/mol. The summed E-state index contributed by atoms with van der Waals surface area (Å²) in [6, 6.07) is 0.119. The molecule has 2 rings (SSSR count). The number of thiazole rings is 1. The van der Waals surface area contributed by atoms with E-state index >= 15 is 0 Å². The summed E-state index contributed by atoms with van der Waals surface area (Å²) in [6.45, 7) is 6.95. The van der Waals surface area contributed by atoms with Crippen molar-refractivity contribution in [1.29, 1.82) is 0 Å². The maximum absolute atomic E-state index is 12.3. The summed E-state index contributed by atoms with van der Waals surface area (Å²) in [6.07, 6.45) is 6.57. The molecule has 1 fully saturated rings. The minimum absolute atomic E-state index is 0. The van der Waals surface area contributed by atoms with Crippen LogP contribution in [0, 0.1) is 5.92 Å². The highest BCUT2D eigenvalue weighted by Gasteiger charge is 2.24. The van der Waals surface area contributed by atoms with Crippen molar-refractivity contribution in [2.75, 3.05) is 6.54 Å². The fourth-order valence-electron chi connectivity index (χ4n) is 3.06. The molecule has 7 heteroatoms. The number of aromatic nitrogens is 1. The van der Waals surface area contributed by atoms with Crippen molar-refractivity contribution in [3.8, 4) is 0 Å². The van der Waals surface area contributed by atoms with Gasteiger partial charge in [-0.25, -0.2) is 4.98 Å². The van der Waals surface area contributed by atoms with Crippen molar-refractivity contribution in [3.63, 3.8) is 0 Å². The number of carbonyl (C=O) groups excluding carboxylic acids is 1. The van der Waals surface area contributed by atoms with Crippen LogP contribution < -0.4 is 11.1 Å². The van der Waals surface area contributed by atoms with Crippen LogP contribution >= 0.6 is 36.2 Å². The molecule has 0 aliphatic heterocycles. The van der Waals surface area contributed by atoms with Crippen LogP contribution in [0.2, 0.25) is 0 Å². The highest BCUT2D eigenvalue weighted by Crippen LogP contribution is 2.27. The zero-order valence-electron chi connectivity index (χ0n) is 14.8. The lowest BCUT2D eigenvalue weighted by Crippen LogP contribution is -2.46. The number of carbonyl (C=O) groups is 1. The van der Waals surface area contributed by atoms with E-state index in [1.807, 2.05) is 5.38 Å². The Kier molecular flexibility index (Phi) is 10.4. The standard InChI is InChI=1S/C17H29N3OS.2ClH/c1-17(2,3)16-19-13(11-22-16)9-15(21)20-14(10-18)12-7-5-4-6-8-12;;/h11-12,14H,4-10,18H2,1-3H3,(H,20,21);2*1H. The molecule has 1 atom stereocenters. The van der Waals surface area contributed by atoms with Crippen molar-refractivity contribution in [2.24, 2.45) is 11.7 Å². The van der Waals surface area contributed by atoms with Crippen molar-refractivity contribution >= 4 is 42.1 Å². The summed E-state index contributed by atoms with van der Waals surface area (Å²) in [4.78, 5) is 16.9. The summed E-state index contributed by atoms with van der Waals surface area (Å²) in [5.41, 5.74) is 6.79. The molecular formula is C17H31Cl2N3OS. The molecule has 140 valence electrons. The predicted octanol–water partition coefficient (Wildman–Crippen LogP) is 3.85. The molecule has 1 aliphatic rings. The van der Waals surface area contributed by atoms with Gasteiger partial charge in [-0.1, -0.05) is 40.0 Å². The highest BCUT2D eigenvalue weighted by molar-refractivity contribution is 7.09. The molecule has 0 radical (unpaired) electrons. The Morgan fingerprint density at radius 1 is 1.33 bits per heavy atom. The number of nitrogens with one attached hydrogen (secondary N) is 1. The molecule has 24 heavy (non-hydrogen) atoms. The van der Waals surface area contributed by atoms with E-state index in [9.17, 15) is 4.79 Å². The van der Waals surface area contributed by atoms with Crippen molar-refractivity contribution in [3.05, 3.63) is 16.1 Å². The minimum Gasteiger partial charge on any atom is -0.351 e. The molecule has 0 spiro atoms. The Bertz CT molecular complexity index is 496. The first kappa shape index (κ1) is 23.6. The molecule has 1 amide bonds. The second kappa shape index (κ2) is 10.6. The summed E-state index contributed by atoms with van der Waals surface area (Å²) in [7, 11) is 0. The maximum atomic E-state index is 12.3. The minimum atomic E-state index is 0. The molecule has 1 saturated carbocycles. The van der Waals surface area contributed by atoms with E-state index in [-0.39, 0.29) is 42.2 Å². The number of hydrogen-bond acceptors (Lipinski definition) is 4. The van der Waals surface area contributed by atoms with E-state index in [4.69, 9.17) is 5.73 Å². The average molecular weight is 396 g/mol. The second-order valence-corrected chi connectivity index (χ2v) is 8.24. The summed E-state index contributed by atoms with van der Waals surface area (Å²) in [5.74, 6) is 0.593. The largest absolute Gasteiger partial charge is 0.351 e. The first-order valence-electron chi connectivity index (χ1n) is 8.34. The van der Waals surface area contributed by atoms with E-state index in [0.717, 1.165) is 10.7 Å². The molecule has 1 aliphatic carbocycles. The number of hydrogen-bond donors (Lipinski definition) is 2. The number of nitrogens with two attached hydrogens (primary N) is 1. The number of nitrogens with zero attached hydrogens (tertiary/aromatic N) is 1. The molecule has 3 N–H and O–H groups in total. The van der Waals surface area contributed by atoms with Gasteiger partial charge < -0.3 is 11.1 Å². The second-order valence-electron chi connectivity index (χ2n) is 7.38. The van der Waals surface area contributed by atoms with Gasteiger partial charge in [-0.15, -0.1) is 36.2 Å². The molecule has 4 nitrogen and oxygen atoms in total. The van der Waals surface area contributed by atoms with Crippen LogP contribution in [-0.2, 0) is 16.6 Å². The van der Waals surface area contributed by atoms with Crippen LogP contribution in [0.25, 0.3) is 0 Å². The van der Waals surface area contributed by atoms with E-state index < -0.39 is 0 Å². The lowest BCUT2D eigenvalue weighted by molar-refractivity contribution is -0.121. The van der Waals surface area contributed by atoms with Gasteiger partial charge in [-0.2, -0.15) is 0 Å². The van der Waals surface area contributed by atoms with Crippen LogP contribution in [0.5, 0.6) is 0 Å². The topological polar surface area (TPSA) is 68.0 Å². The van der Waals surface area contributed by atoms with Crippen molar-refractivity contribution < 1.29 is 4.79 Å². The van der Waals surface area contributed by atoms with Gasteiger partial charge in [-0.3, -0.25) is 4.79 Å². The smallest absolute Gasteiger partial charge is 0.226 e. The van der Waals surface area contributed by atoms with E-state index in [1.54, 1.807) is 11.3 Å². The molecule has 1 aromatic heterocycles. The van der Waals surface area contributed by atoms with Gasteiger partial charge in [0.25, 0.3) is 0 Å². The van der Waals surface area contributed by atoms with Gasteiger partial charge in [0.05, 0.1) is 17.1 Å². The van der Waals surface area contributed by atoms with Crippen molar-refractivity contribution in [1.82, 2.24) is 10.3 Å². The number of rotatable bonds is 5. The van der Waals surface area contributed by atoms with Crippen LogP contribution in [0.1, 0.15) is 63.6 Å². The summed E-state index contributed by atoms with van der Waals surface area (Å²) < 4.78 is 0. The third kappa shape index (κ3) is 6.87. The Balaban J connectivity index is 0.00000264. The van der Waals surface area contributed by atoms with Crippen LogP contribution in [0.4, 0.5) is 0 Å². The third-order valence-corrected chi connectivity index (χ3v) is 5.67. The average Bonchev–Trinajstić information content (AvgIpc) is 2.94. The SMILES string of the molecule is CC(C)(C)c1nc(CC(=O)NC(CN)C2CCCCC2)cs1.Cl.Cl. The lowest BCUT2D eigenvalue weighted by Gasteiger charge is -2.30. The van der Waals surface area contributed by atoms with Crippen LogP contribution in [-0.4, -0.2) is 23.5 Å². The zero-order valence-corrected chi connectivity index (χ0v) is 17.3. The molecule has 1 heterocycles. The lowest BCUT2D eigenvalue weighted by atomic mass is 9.84. The molecule has 1 unspecified atom stereocenters. The normalized spacial score (nSPS) is 16.7. The molecule has 1 aromatic rings. The van der Waals surface area contributed by atoms with Crippen molar-refractivity contribution in [2.45, 2.75) is 70.8 Å². The molecule has 0 bridgehead atoms. The first-order chi connectivity index (χ1) is 10.4. The third-order valence-electron chi connectivity index (χ3n) is 4.35. The van der Waals surface area contributed by atoms with Gasteiger partial charge in [-0.05, 0) is 18.8 Å². The first-order valence-corrected chi connectivity index (χ1v) is 9.22. The Hall–Kier alpha value is -0.360. The van der Waals surface area contributed by atoms with E-state index in [2.05, 4.69) is 31.1 Å². The van der Waals surface area contributed by atoms with Gasteiger partial charge >= 0.3 is 0 Å². The molecule has 0 saturated heterocycles. The number of amides is 1. The van der Waals surface area contributed by atoms with Gasteiger partial charge in [0, 0.05) is 23.4 Å². The monoisotopic (exact) mass is 395 g/mol. The predicted molar refractivity (Wildman–Crippen MR) is 107 cm³/mol. The van der Waals surface area contributed by atoms with E-state index in [1.165, 1.54) is 32.1 Å². The van der Waals surface area contributed by atoms with E-state index in [0.29, 0.717) is 18.9 Å².